The van der Waals surface area contributed by atoms with Crippen LogP contribution < -0.4 is 31.3 Å². The number of methoxy groups -OCH3 is 1. The zero-order valence-corrected chi connectivity index (χ0v) is 18.0. The number of carbonyl (C=O) groups excluding carboxylic acids is 1. The van der Waals surface area contributed by atoms with Gasteiger partial charge in [-0.1, -0.05) is 26.0 Å². The Balaban J connectivity index is 1.70. The van der Waals surface area contributed by atoms with Crippen LogP contribution in [0.15, 0.2) is 54.4 Å². The maximum atomic E-state index is 13.1. The van der Waals surface area contributed by atoms with Gasteiger partial charge in [-0.15, -0.1) is 5.53 Å². The van der Waals surface area contributed by atoms with Gasteiger partial charge in [0.1, 0.15) is 5.75 Å². The Labute approximate surface area is 184 Å². The van der Waals surface area contributed by atoms with Crippen molar-refractivity contribution in [3.63, 3.8) is 0 Å². The van der Waals surface area contributed by atoms with E-state index in [0.29, 0.717) is 17.4 Å². The summed E-state index contributed by atoms with van der Waals surface area (Å²) >= 11 is 0. The van der Waals surface area contributed by atoms with Gasteiger partial charge in [-0.25, -0.2) is 4.79 Å². The Morgan fingerprint density at radius 2 is 1.84 bits per heavy atom. The Morgan fingerprint density at radius 3 is 2.53 bits per heavy atom. The normalized spacial score (nSPS) is 13.6. The summed E-state index contributed by atoms with van der Waals surface area (Å²) in [6.45, 7) is 4.32. The Morgan fingerprint density at radius 1 is 1.12 bits per heavy atom. The predicted molar refractivity (Wildman–Crippen MR) is 118 cm³/mol. The van der Waals surface area contributed by atoms with Crippen LogP contribution in [0, 0.1) is 5.92 Å². The number of hydrazine groups is 2. The zero-order valence-electron chi connectivity index (χ0n) is 18.0. The van der Waals surface area contributed by atoms with Crippen molar-refractivity contribution in [1.29, 1.82) is 0 Å². The lowest BCUT2D eigenvalue weighted by Gasteiger charge is -2.18. The van der Waals surface area contributed by atoms with Crippen molar-refractivity contribution in [3.05, 3.63) is 59.9 Å². The molecule has 2 amide bonds. The van der Waals surface area contributed by atoms with Gasteiger partial charge in [-0.3, -0.25) is 5.01 Å². The van der Waals surface area contributed by atoms with Crippen LogP contribution in [0.5, 0.6) is 5.75 Å². The number of nitrogens with zero attached hydrogens (tertiary/aromatic N) is 1. The quantitative estimate of drug-likeness (QED) is 0.451. The number of hydrogen-bond acceptors (Lipinski definition) is 5. The molecule has 1 aliphatic heterocycles. The van der Waals surface area contributed by atoms with Crippen LogP contribution in [0.1, 0.15) is 32.3 Å². The number of amides is 2. The molecular weight excluding hydrogens is 423 g/mol. The van der Waals surface area contributed by atoms with Gasteiger partial charge in [0, 0.05) is 18.0 Å². The maximum Gasteiger partial charge on any atom is 0.418 e. The van der Waals surface area contributed by atoms with Crippen molar-refractivity contribution < 1.29 is 22.7 Å². The summed E-state index contributed by atoms with van der Waals surface area (Å²) in [6.07, 6.45) is -0.697. The molecule has 0 saturated heterocycles. The molecule has 7 nitrogen and oxygen atoms in total. The van der Waals surface area contributed by atoms with Crippen LogP contribution in [0.2, 0.25) is 0 Å². The molecule has 0 bridgehead atoms. The third-order valence-electron chi connectivity index (χ3n) is 4.81. The fourth-order valence-corrected chi connectivity index (χ4v) is 3.11. The van der Waals surface area contributed by atoms with Gasteiger partial charge in [-0.05, 0) is 43.0 Å². The molecule has 1 aliphatic rings. The molecule has 0 atom stereocenters. The van der Waals surface area contributed by atoms with Crippen LogP contribution in [0.25, 0.3) is 0 Å². The second-order valence-corrected chi connectivity index (χ2v) is 7.70. The fraction of sp³-hybridized carbons (Fsp3) is 0.318. The monoisotopic (exact) mass is 449 g/mol. The van der Waals surface area contributed by atoms with E-state index < -0.39 is 17.8 Å². The molecule has 0 fully saturated rings. The van der Waals surface area contributed by atoms with E-state index >= 15 is 0 Å². The van der Waals surface area contributed by atoms with Gasteiger partial charge in [0.2, 0.25) is 0 Å². The maximum absolute atomic E-state index is 13.1. The molecule has 172 valence electrons. The summed E-state index contributed by atoms with van der Waals surface area (Å²) in [7, 11) is 1.45. The van der Waals surface area contributed by atoms with Crippen LogP contribution in [0.3, 0.4) is 0 Å². The second-order valence-electron chi connectivity index (χ2n) is 7.70. The summed E-state index contributed by atoms with van der Waals surface area (Å²) in [5.41, 5.74) is 7.01. The molecule has 0 aromatic heterocycles. The van der Waals surface area contributed by atoms with Crippen LogP contribution in [-0.4, -0.2) is 13.1 Å². The van der Waals surface area contributed by atoms with Gasteiger partial charge in [0.05, 0.1) is 29.7 Å². The minimum Gasteiger partial charge on any atom is -0.494 e. The number of allylic oxidation sites excluding steroid dienone is 1. The standard InChI is InChI=1S/C22H26F3N5O2/c1-14(2)8-9-15-13-30(29-28-15)16-10-11-19(20(12-16)32-3)27-21(31)26-18-7-5-4-6-17(18)22(23,24)25/h4-7,10-14,28-29H,8-9H2,1-3H3,(H2,26,27,31). The molecule has 3 rings (SSSR count). The number of alkyl halides is 3. The molecule has 32 heavy (non-hydrogen) atoms. The Hall–Kier alpha value is -3.40. The highest BCUT2D eigenvalue weighted by atomic mass is 19.4. The summed E-state index contributed by atoms with van der Waals surface area (Å²) in [5.74, 6) is 0.944. The van der Waals surface area contributed by atoms with Crippen LogP contribution >= 0.6 is 0 Å². The van der Waals surface area contributed by atoms with E-state index in [1.807, 2.05) is 6.20 Å². The Kier molecular flexibility index (Phi) is 7.14. The molecule has 10 heteroatoms. The van der Waals surface area contributed by atoms with Crippen molar-refractivity contribution in [2.45, 2.75) is 32.9 Å². The van der Waals surface area contributed by atoms with E-state index in [-0.39, 0.29) is 5.69 Å². The highest BCUT2D eigenvalue weighted by Gasteiger charge is 2.33. The van der Waals surface area contributed by atoms with Crippen molar-refractivity contribution in [2.75, 3.05) is 22.8 Å². The number of carbonyl (C=O) groups is 1. The molecule has 0 radical (unpaired) electrons. The molecule has 2 aromatic rings. The topological polar surface area (TPSA) is 77.7 Å². The number of urea groups is 1. The minimum absolute atomic E-state index is 0.314. The first-order valence-corrected chi connectivity index (χ1v) is 10.1. The number of ether oxygens (including phenoxy) is 1. The summed E-state index contributed by atoms with van der Waals surface area (Å²) in [4.78, 5) is 12.4. The lowest BCUT2D eigenvalue weighted by atomic mass is 10.1. The van der Waals surface area contributed by atoms with Crippen molar-refractivity contribution >= 4 is 23.1 Å². The minimum atomic E-state index is -4.58. The molecule has 0 spiro atoms. The second kappa shape index (κ2) is 9.82. The van der Waals surface area contributed by atoms with E-state index in [2.05, 4.69) is 35.4 Å². The molecule has 0 aliphatic carbocycles. The lowest BCUT2D eigenvalue weighted by molar-refractivity contribution is -0.136. The van der Waals surface area contributed by atoms with E-state index in [0.717, 1.165) is 30.3 Å². The number of para-hydroxylation sites is 1. The largest absolute Gasteiger partial charge is 0.494 e. The molecule has 4 N–H and O–H groups in total. The summed E-state index contributed by atoms with van der Waals surface area (Å²) in [6, 6.07) is 9.03. The van der Waals surface area contributed by atoms with E-state index in [1.165, 1.54) is 25.3 Å². The van der Waals surface area contributed by atoms with Gasteiger partial charge in [0.15, 0.2) is 0 Å². The Bertz CT molecular complexity index is 992. The number of rotatable bonds is 7. The third-order valence-corrected chi connectivity index (χ3v) is 4.81. The first-order valence-electron chi connectivity index (χ1n) is 10.1. The SMILES string of the molecule is COc1cc(N2C=C(CCC(C)C)NN2)ccc1NC(=O)Nc1ccccc1C(F)(F)F. The summed E-state index contributed by atoms with van der Waals surface area (Å²) < 4.78 is 44.8. The predicted octanol–water partition coefficient (Wildman–Crippen LogP) is 5.46. The first kappa shape index (κ1) is 23.3. The average Bonchev–Trinajstić information content (AvgIpc) is 3.21. The highest BCUT2D eigenvalue weighted by Crippen LogP contribution is 2.35. The average molecular weight is 449 g/mol. The van der Waals surface area contributed by atoms with E-state index in [1.54, 1.807) is 23.2 Å². The van der Waals surface area contributed by atoms with Crippen molar-refractivity contribution in [1.82, 2.24) is 11.0 Å². The highest BCUT2D eigenvalue weighted by molar-refractivity contribution is 6.01. The molecule has 2 aromatic carbocycles. The summed E-state index contributed by atoms with van der Waals surface area (Å²) in [5, 5.41) is 6.56. The van der Waals surface area contributed by atoms with E-state index in [4.69, 9.17) is 4.74 Å². The van der Waals surface area contributed by atoms with E-state index in [9.17, 15) is 18.0 Å². The number of halogens is 3. The zero-order chi connectivity index (χ0) is 23.3. The van der Waals surface area contributed by atoms with Gasteiger partial charge < -0.3 is 20.8 Å². The molecule has 0 saturated carbocycles. The number of hydrogen-bond donors (Lipinski definition) is 4. The number of benzene rings is 2. The number of nitrogens with one attached hydrogen (secondary N) is 4. The van der Waals surface area contributed by atoms with Gasteiger partial charge >= 0.3 is 12.2 Å². The van der Waals surface area contributed by atoms with Crippen molar-refractivity contribution in [2.24, 2.45) is 5.92 Å². The molecule has 1 heterocycles. The van der Waals surface area contributed by atoms with Gasteiger partial charge in [0.25, 0.3) is 0 Å². The van der Waals surface area contributed by atoms with Crippen LogP contribution in [0.4, 0.5) is 35.0 Å². The van der Waals surface area contributed by atoms with Crippen molar-refractivity contribution in [3.8, 4) is 5.75 Å². The fourth-order valence-electron chi connectivity index (χ4n) is 3.11. The number of anilines is 3. The lowest BCUT2D eigenvalue weighted by Crippen LogP contribution is -2.36. The molecule has 0 unspecified atom stereocenters. The third kappa shape index (κ3) is 5.85. The smallest absolute Gasteiger partial charge is 0.418 e. The molecular formula is C22H26F3N5O2. The van der Waals surface area contributed by atoms with Crippen LogP contribution in [-0.2, 0) is 6.18 Å². The van der Waals surface area contributed by atoms with Gasteiger partial charge in [-0.2, -0.15) is 13.2 Å². The first-order chi connectivity index (χ1) is 15.2.